The van der Waals surface area contributed by atoms with Crippen LogP contribution in [0.4, 0.5) is 5.82 Å². The first-order valence-electron chi connectivity index (χ1n) is 6.10. The second-order valence-electron chi connectivity index (χ2n) is 4.37. The van der Waals surface area contributed by atoms with Crippen molar-refractivity contribution < 1.29 is 14.6 Å². The summed E-state index contributed by atoms with van der Waals surface area (Å²) >= 11 is 0. The summed E-state index contributed by atoms with van der Waals surface area (Å²) in [5.41, 5.74) is 7.50. The van der Waals surface area contributed by atoms with Crippen molar-refractivity contribution in [2.45, 2.75) is 6.54 Å². The average Bonchev–Trinajstić information content (AvgIpc) is 2.41. The first-order valence-corrected chi connectivity index (χ1v) is 6.10. The van der Waals surface area contributed by atoms with E-state index in [-0.39, 0.29) is 12.4 Å². The van der Waals surface area contributed by atoms with E-state index in [2.05, 4.69) is 9.88 Å². The van der Waals surface area contributed by atoms with Crippen molar-refractivity contribution in [1.29, 1.82) is 0 Å². The molecule has 0 aliphatic carbocycles. The number of morpholine rings is 1. The van der Waals surface area contributed by atoms with Gasteiger partial charge in [0, 0.05) is 37.5 Å². The number of ether oxygens (including phenoxy) is 1. The normalized spacial score (nSPS) is 16.0. The van der Waals surface area contributed by atoms with Crippen molar-refractivity contribution in [3.8, 4) is 0 Å². The maximum absolute atomic E-state index is 10.5. The predicted octanol–water partition coefficient (Wildman–Crippen LogP) is 1.02. The van der Waals surface area contributed by atoms with Gasteiger partial charge in [-0.1, -0.05) is 0 Å². The van der Waals surface area contributed by atoms with Crippen LogP contribution in [-0.2, 0) is 16.1 Å². The van der Waals surface area contributed by atoms with E-state index < -0.39 is 5.97 Å². The zero-order valence-electron chi connectivity index (χ0n) is 11.0. The van der Waals surface area contributed by atoms with Gasteiger partial charge in [0.1, 0.15) is 5.82 Å². The Bertz CT molecular complexity index is 488. The Labute approximate surface area is 123 Å². The van der Waals surface area contributed by atoms with Gasteiger partial charge in [0.25, 0.3) is 0 Å². The minimum absolute atomic E-state index is 0. The third-order valence-electron chi connectivity index (χ3n) is 2.94. The number of anilines is 1. The van der Waals surface area contributed by atoms with Gasteiger partial charge in [0.2, 0.25) is 0 Å². The van der Waals surface area contributed by atoms with Crippen LogP contribution in [0.1, 0.15) is 11.1 Å². The average molecular weight is 300 g/mol. The molecule has 0 radical (unpaired) electrons. The highest BCUT2D eigenvalue weighted by atomic mass is 35.5. The quantitative estimate of drug-likeness (QED) is 0.807. The van der Waals surface area contributed by atoms with E-state index in [4.69, 9.17) is 15.6 Å². The third-order valence-corrected chi connectivity index (χ3v) is 2.94. The Hall–Kier alpha value is -1.63. The van der Waals surface area contributed by atoms with Crippen LogP contribution in [0, 0.1) is 0 Å². The number of aromatic nitrogens is 1. The molecule has 0 atom stereocenters. The number of nitrogens with two attached hydrogens (primary N) is 1. The van der Waals surface area contributed by atoms with E-state index in [0.29, 0.717) is 12.4 Å². The summed E-state index contributed by atoms with van der Waals surface area (Å²) in [6, 6.07) is 1.87. The van der Waals surface area contributed by atoms with Crippen LogP contribution in [0.3, 0.4) is 0 Å². The van der Waals surface area contributed by atoms with Gasteiger partial charge in [-0.15, -0.1) is 12.4 Å². The minimum atomic E-state index is -0.980. The van der Waals surface area contributed by atoms with Crippen molar-refractivity contribution in [3.63, 3.8) is 0 Å². The summed E-state index contributed by atoms with van der Waals surface area (Å²) < 4.78 is 5.29. The molecule has 0 spiro atoms. The fourth-order valence-corrected chi connectivity index (χ4v) is 1.92. The lowest BCUT2D eigenvalue weighted by atomic mass is 10.1. The number of aliphatic carboxylic acids is 1. The summed E-state index contributed by atoms with van der Waals surface area (Å²) in [7, 11) is 0. The minimum Gasteiger partial charge on any atom is -0.478 e. The molecule has 7 heteroatoms. The third kappa shape index (κ3) is 4.80. The van der Waals surface area contributed by atoms with Crippen LogP contribution in [0.2, 0.25) is 0 Å². The zero-order valence-corrected chi connectivity index (χ0v) is 11.8. The molecule has 2 rings (SSSR count). The smallest absolute Gasteiger partial charge is 0.328 e. The number of carbonyl (C=O) groups is 1. The fourth-order valence-electron chi connectivity index (χ4n) is 1.92. The maximum atomic E-state index is 10.5. The molecule has 20 heavy (non-hydrogen) atoms. The van der Waals surface area contributed by atoms with E-state index >= 15 is 0 Å². The van der Waals surface area contributed by atoms with Gasteiger partial charge in [-0.25, -0.2) is 9.78 Å². The molecule has 0 unspecified atom stereocenters. The van der Waals surface area contributed by atoms with E-state index in [9.17, 15) is 4.79 Å². The van der Waals surface area contributed by atoms with E-state index in [1.165, 1.54) is 6.08 Å². The Balaban J connectivity index is 0.00000200. The SMILES string of the molecule is Cl.Nc1ncc(C=CC(=O)O)cc1CN1CCOCC1. The molecule has 1 aromatic heterocycles. The largest absolute Gasteiger partial charge is 0.478 e. The van der Waals surface area contributed by atoms with Gasteiger partial charge in [-0.3, -0.25) is 4.90 Å². The van der Waals surface area contributed by atoms with Crippen molar-refractivity contribution in [2.24, 2.45) is 0 Å². The van der Waals surface area contributed by atoms with Crippen LogP contribution < -0.4 is 5.73 Å². The van der Waals surface area contributed by atoms with Gasteiger partial charge >= 0.3 is 5.97 Å². The molecule has 1 fully saturated rings. The summed E-state index contributed by atoms with van der Waals surface area (Å²) in [4.78, 5) is 16.8. The molecule has 110 valence electrons. The Morgan fingerprint density at radius 3 is 2.85 bits per heavy atom. The molecule has 1 saturated heterocycles. The molecule has 0 aromatic carbocycles. The molecule has 0 saturated carbocycles. The number of nitrogens with zero attached hydrogens (tertiary/aromatic N) is 2. The van der Waals surface area contributed by atoms with Gasteiger partial charge in [0.15, 0.2) is 0 Å². The molecule has 6 nitrogen and oxygen atoms in total. The zero-order chi connectivity index (χ0) is 13.7. The van der Waals surface area contributed by atoms with Crippen LogP contribution in [-0.4, -0.2) is 47.3 Å². The van der Waals surface area contributed by atoms with Crippen molar-refractivity contribution in [2.75, 3.05) is 32.0 Å². The summed E-state index contributed by atoms with van der Waals surface area (Å²) in [6.07, 6.45) is 4.17. The van der Waals surface area contributed by atoms with Gasteiger partial charge < -0.3 is 15.6 Å². The van der Waals surface area contributed by atoms with E-state index in [1.54, 1.807) is 6.20 Å². The standard InChI is InChI=1S/C13H17N3O3.ClH/c14-13-11(9-16-3-5-19-6-4-16)7-10(8-15-13)1-2-12(17)18;/h1-2,7-8H,3-6,9H2,(H2,14,15)(H,17,18);1H. The number of halogens is 1. The molecule has 1 aliphatic rings. The van der Waals surface area contributed by atoms with Crippen molar-refractivity contribution in [1.82, 2.24) is 9.88 Å². The first kappa shape index (κ1) is 16.4. The molecular weight excluding hydrogens is 282 g/mol. The molecule has 1 aliphatic heterocycles. The van der Waals surface area contributed by atoms with Crippen LogP contribution >= 0.6 is 12.4 Å². The lowest BCUT2D eigenvalue weighted by molar-refractivity contribution is -0.131. The highest BCUT2D eigenvalue weighted by molar-refractivity contribution is 5.85. The van der Waals surface area contributed by atoms with Gasteiger partial charge in [-0.2, -0.15) is 0 Å². The lowest BCUT2D eigenvalue weighted by Crippen LogP contribution is -2.35. The summed E-state index contributed by atoms with van der Waals surface area (Å²) in [5, 5.41) is 8.61. The Kier molecular flexibility index (Phi) is 6.44. The van der Waals surface area contributed by atoms with E-state index in [1.807, 2.05) is 6.07 Å². The van der Waals surface area contributed by atoms with Crippen LogP contribution in [0.25, 0.3) is 6.08 Å². The molecule has 2 heterocycles. The molecule has 0 bridgehead atoms. The number of hydrogen-bond acceptors (Lipinski definition) is 5. The number of rotatable bonds is 4. The van der Waals surface area contributed by atoms with Gasteiger partial charge in [0.05, 0.1) is 13.2 Å². The molecular formula is C13H18ClN3O3. The van der Waals surface area contributed by atoms with Crippen molar-refractivity contribution in [3.05, 3.63) is 29.5 Å². The number of carboxylic acid groups (broad SMARTS) is 1. The van der Waals surface area contributed by atoms with Crippen molar-refractivity contribution >= 4 is 30.3 Å². The number of hydrogen-bond donors (Lipinski definition) is 2. The topological polar surface area (TPSA) is 88.7 Å². The molecule has 0 amide bonds. The number of carboxylic acids is 1. The lowest BCUT2D eigenvalue weighted by Gasteiger charge is -2.26. The van der Waals surface area contributed by atoms with Crippen LogP contribution in [0.5, 0.6) is 0 Å². The maximum Gasteiger partial charge on any atom is 0.328 e. The molecule has 3 N–H and O–H groups in total. The fraction of sp³-hybridized carbons (Fsp3) is 0.385. The predicted molar refractivity (Wildman–Crippen MR) is 78.7 cm³/mol. The highest BCUT2D eigenvalue weighted by Gasteiger charge is 2.12. The number of nitrogen functional groups attached to an aromatic ring is 1. The van der Waals surface area contributed by atoms with Crippen LogP contribution in [0.15, 0.2) is 18.3 Å². The summed E-state index contributed by atoms with van der Waals surface area (Å²) in [5.74, 6) is -0.495. The second-order valence-corrected chi connectivity index (χ2v) is 4.37. The number of pyridine rings is 1. The Morgan fingerprint density at radius 1 is 1.50 bits per heavy atom. The second kappa shape index (κ2) is 7.84. The molecule has 1 aromatic rings. The first-order chi connectivity index (χ1) is 9.15. The van der Waals surface area contributed by atoms with E-state index in [0.717, 1.165) is 43.5 Å². The monoisotopic (exact) mass is 299 g/mol. The summed E-state index contributed by atoms with van der Waals surface area (Å²) in [6.45, 7) is 3.90. The van der Waals surface area contributed by atoms with Gasteiger partial charge in [-0.05, 0) is 17.7 Å². The Morgan fingerprint density at radius 2 is 2.20 bits per heavy atom. The highest BCUT2D eigenvalue weighted by Crippen LogP contribution is 2.15.